The van der Waals surface area contributed by atoms with Crippen molar-refractivity contribution in [2.24, 2.45) is 5.73 Å². The molecule has 0 saturated carbocycles. The van der Waals surface area contributed by atoms with Crippen LogP contribution < -0.4 is 5.73 Å². The molecule has 1 aromatic rings. The molecule has 1 aromatic heterocycles. The molecule has 0 saturated heterocycles. The first-order valence-electron chi connectivity index (χ1n) is 5.90. The fourth-order valence-electron chi connectivity index (χ4n) is 2.20. The highest BCUT2D eigenvalue weighted by Crippen LogP contribution is 2.30. The van der Waals surface area contributed by atoms with E-state index in [9.17, 15) is 0 Å². The Morgan fingerprint density at radius 1 is 1.50 bits per heavy atom. The van der Waals surface area contributed by atoms with Gasteiger partial charge in [-0.2, -0.15) is 5.10 Å². The van der Waals surface area contributed by atoms with E-state index in [4.69, 9.17) is 10.5 Å². The number of hydrogen-bond donors (Lipinski definition) is 1. The van der Waals surface area contributed by atoms with E-state index in [1.54, 1.807) is 7.11 Å². The molecule has 1 aliphatic heterocycles. The molecule has 2 atom stereocenters. The maximum Gasteiger partial charge on any atom is 0.153 e. The standard InChI is InChI=1S/C11H20N4O/c1-8-3-4-9(7-12)11-13-10(5-6-16-2)14-15(8)11/h8-9H,3-7,12H2,1-2H3. The minimum atomic E-state index is 0.375. The second-order valence-corrected chi connectivity index (χ2v) is 4.43. The van der Waals surface area contributed by atoms with Crippen molar-refractivity contribution in [1.29, 1.82) is 0 Å². The molecule has 0 radical (unpaired) electrons. The summed E-state index contributed by atoms with van der Waals surface area (Å²) in [6, 6.07) is 0.446. The van der Waals surface area contributed by atoms with Gasteiger partial charge in [-0.25, -0.2) is 9.67 Å². The fraction of sp³-hybridized carbons (Fsp3) is 0.818. The van der Waals surface area contributed by atoms with Gasteiger partial charge in [0, 0.05) is 26.0 Å². The summed E-state index contributed by atoms with van der Waals surface area (Å²) < 4.78 is 7.09. The highest BCUT2D eigenvalue weighted by Gasteiger charge is 2.27. The topological polar surface area (TPSA) is 66.0 Å². The number of rotatable bonds is 4. The summed E-state index contributed by atoms with van der Waals surface area (Å²) in [7, 11) is 1.70. The molecule has 0 amide bonds. The largest absolute Gasteiger partial charge is 0.384 e. The molecule has 90 valence electrons. The molecular formula is C11H20N4O. The fourth-order valence-corrected chi connectivity index (χ4v) is 2.20. The van der Waals surface area contributed by atoms with Crippen molar-refractivity contribution < 1.29 is 4.74 Å². The predicted octanol–water partition coefficient (Wildman–Crippen LogP) is 0.864. The van der Waals surface area contributed by atoms with Gasteiger partial charge in [-0.3, -0.25) is 0 Å². The molecule has 0 aromatic carbocycles. The smallest absolute Gasteiger partial charge is 0.153 e. The van der Waals surface area contributed by atoms with E-state index >= 15 is 0 Å². The molecular weight excluding hydrogens is 204 g/mol. The summed E-state index contributed by atoms with van der Waals surface area (Å²) in [6.07, 6.45) is 3.04. The molecule has 2 unspecified atom stereocenters. The van der Waals surface area contributed by atoms with Gasteiger partial charge in [0.1, 0.15) is 5.82 Å². The average molecular weight is 224 g/mol. The Kier molecular flexibility index (Phi) is 3.56. The maximum atomic E-state index is 5.77. The zero-order valence-electron chi connectivity index (χ0n) is 10.0. The van der Waals surface area contributed by atoms with E-state index in [0.29, 0.717) is 25.1 Å². The van der Waals surface area contributed by atoms with Gasteiger partial charge in [0.15, 0.2) is 5.82 Å². The van der Waals surface area contributed by atoms with Crippen LogP contribution >= 0.6 is 0 Å². The van der Waals surface area contributed by atoms with Crippen molar-refractivity contribution in [1.82, 2.24) is 14.8 Å². The molecule has 0 spiro atoms. The summed E-state index contributed by atoms with van der Waals surface area (Å²) in [6.45, 7) is 3.52. The van der Waals surface area contributed by atoms with Gasteiger partial charge in [0.05, 0.1) is 12.6 Å². The predicted molar refractivity (Wildman–Crippen MR) is 61.3 cm³/mol. The Morgan fingerprint density at radius 3 is 3.00 bits per heavy atom. The third kappa shape index (κ3) is 2.10. The normalized spacial score (nSPS) is 24.4. The lowest BCUT2D eigenvalue weighted by molar-refractivity contribution is 0.200. The van der Waals surface area contributed by atoms with Crippen LogP contribution in [0.2, 0.25) is 0 Å². The minimum Gasteiger partial charge on any atom is -0.384 e. The van der Waals surface area contributed by atoms with E-state index in [0.717, 1.165) is 30.9 Å². The SMILES string of the molecule is COCCc1nc2n(n1)C(C)CCC2CN. The Bertz CT molecular complexity index is 350. The van der Waals surface area contributed by atoms with Gasteiger partial charge < -0.3 is 10.5 Å². The molecule has 2 N–H and O–H groups in total. The van der Waals surface area contributed by atoms with Crippen molar-refractivity contribution in [2.45, 2.75) is 38.1 Å². The second-order valence-electron chi connectivity index (χ2n) is 4.43. The van der Waals surface area contributed by atoms with E-state index in [2.05, 4.69) is 17.0 Å². The first-order valence-corrected chi connectivity index (χ1v) is 5.90. The van der Waals surface area contributed by atoms with Gasteiger partial charge in [-0.1, -0.05) is 0 Å². The van der Waals surface area contributed by atoms with Gasteiger partial charge in [-0.15, -0.1) is 0 Å². The highest BCUT2D eigenvalue weighted by molar-refractivity contribution is 5.05. The lowest BCUT2D eigenvalue weighted by Crippen LogP contribution is -2.25. The summed E-state index contributed by atoms with van der Waals surface area (Å²) in [4.78, 5) is 4.58. The molecule has 5 nitrogen and oxygen atoms in total. The quantitative estimate of drug-likeness (QED) is 0.824. The lowest BCUT2D eigenvalue weighted by Gasteiger charge is -2.25. The molecule has 2 heterocycles. The van der Waals surface area contributed by atoms with Gasteiger partial charge in [-0.05, 0) is 19.8 Å². The second kappa shape index (κ2) is 4.93. The van der Waals surface area contributed by atoms with Gasteiger partial charge in [0.2, 0.25) is 0 Å². The number of methoxy groups -OCH3 is 1. The number of hydrogen-bond acceptors (Lipinski definition) is 4. The highest BCUT2D eigenvalue weighted by atomic mass is 16.5. The van der Waals surface area contributed by atoms with Crippen LogP contribution in [-0.4, -0.2) is 35.0 Å². The van der Waals surface area contributed by atoms with Crippen LogP contribution in [0, 0.1) is 0 Å². The van der Waals surface area contributed by atoms with Crippen LogP contribution in [0.1, 0.15) is 43.4 Å². The van der Waals surface area contributed by atoms with Crippen LogP contribution in [0.5, 0.6) is 0 Å². The molecule has 0 aliphatic carbocycles. The van der Waals surface area contributed by atoms with Crippen molar-refractivity contribution in [3.8, 4) is 0 Å². The first-order chi connectivity index (χ1) is 7.76. The third-order valence-corrected chi connectivity index (χ3v) is 3.23. The minimum absolute atomic E-state index is 0.375. The number of aromatic nitrogens is 3. The summed E-state index contributed by atoms with van der Waals surface area (Å²) in [5.74, 6) is 2.32. The summed E-state index contributed by atoms with van der Waals surface area (Å²) in [5, 5.41) is 4.54. The van der Waals surface area contributed by atoms with Crippen molar-refractivity contribution in [2.75, 3.05) is 20.3 Å². The molecule has 1 aliphatic rings. The molecule has 16 heavy (non-hydrogen) atoms. The monoisotopic (exact) mass is 224 g/mol. The Hall–Kier alpha value is -0.940. The van der Waals surface area contributed by atoms with Crippen LogP contribution in [-0.2, 0) is 11.2 Å². The first kappa shape index (κ1) is 11.5. The van der Waals surface area contributed by atoms with Gasteiger partial charge in [0.25, 0.3) is 0 Å². The Balaban J connectivity index is 2.21. The summed E-state index contributed by atoms with van der Waals surface area (Å²) >= 11 is 0. The zero-order chi connectivity index (χ0) is 11.5. The molecule has 5 heteroatoms. The van der Waals surface area contributed by atoms with Crippen LogP contribution in [0.15, 0.2) is 0 Å². The van der Waals surface area contributed by atoms with Gasteiger partial charge >= 0.3 is 0 Å². The number of nitrogens with zero attached hydrogens (tertiary/aromatic N) is 3. The molecule has 2 rings (SSSR count). The van der Waals surface area contributed by atoms with E-state index in [1.807, 2.05) is 4.68 Å². The maximum absolute atomic E-state index is 5.77. The van der Waals surface area contributed by atoms with Crippen molar-refractivity contribution >= 4 is 0 Å². The van der Waals surface area contributed by atoms with Crippen molar-refractivity contribution in [3.63, 3.8) is 0 Å². The molecule has 0 bridgehead atoms. The molecule has 0 fully saturated rings. The number of fused-ring (bicyclic) bond motifs is 1. The number of ether oxygens (including phenoxy) is 1. The Labute approximate surface area is 96.0 Å². The van der Waals surface area contributed by atoms with Crippen LogP contribution in [0.25, 0.3) is 0 Å². The third-order valence-electron chi connectivity index (χ3n) is 3.23. The average Bonchev–Trinajstić information content (AvgIpc) is 2.72. The van der Waals surface area contributed by atoms with Crippen LogP contribution in [0.4, 0.5) is 0 Å². The number of nitrogens with two attached hydrogens (primary N) is 1. The lowest BCUT2D eigenvalue weighted by atomic mass is 9.95. The van der Waals surface area contributed by atoms with E-state index in [-0.39, 0.29) is 0 Å². The van der Waals surface area contributed by atoms with E-state index in [1.165, 1.54) is 0 Å². The Morgan fingerprint density at radius 2 is 2.31 bits per heavy atom. The van der Waals surface area contributed by atoms with E-state index < -0.39 is 0 Å². The van der Waals surface area contributed by atoms with Crippen LogP contribution in [0.3, 0.4) is 0 Å². The summed E-state index contributed by atoms with van der Waals surface area (Å²) in [5.41, 5.74) is 5.77. The van der Waals surface area contributed by atoms with Crippen molar-refractivity contribution in [3.05, 3.63) is 11.6 Å². The zero-order valence-corrected chi connectivity index (χ0v) is 10.0.